The Balaban J connectivity index is 1.77. The van der Waals surface area contributed by atoms with Gasteiger partial charge >= 0.3 is 0 Å². The first-order chi connectivity index (χ1) is 12.4. The number of rotatable bonds is 4. The number of aromatic nitrogens is 1. The zero-order chi connectivity index (χ0) is 18.7. The van der Waals surface area contributed by atoms with Crippen molar-refractivity contribution in [2.75, 3.05) is 10.6 Å². The van der Waals surface area contributed by atoms with Gasteiger partial charge in [0.15, 0.2) is 5.13 Å². The molecule has 5 nitrogen and oxygen atoms in total. The molecule has 1 aromatic heterocycles. The monoisotopic (exact) mass is 433 g/mol. The van der Waals surface area contributed by atoms with Crippen LogP contribution in [-0.4, -0.2) is 16.8 Å². The van der Waals surface area contributed by atoms with Crippen LogP contribution in [0, 0.1) is 5.82 Å². The number of nitrogens with zero attached hydrogens (tertiary/aromatic N) is 1. The van der Waals surface area contributed by atoms with Gasteiger partial charge < -0.3 is 5.32 Å². The molecule has 0 atom stereocenters. The summed E-state index contributed by atoms with van der Waals surface area (Å²) in [7, 11) is 0. The number of nitrogens with one attached hydrogen (secondary N) is 2. The summed E-state index contributed by atoms with van der Waals surface area (Å²) in [5.74, 6) is -1.08. The number of halogens is 2. The van der Waals surface area contributed by atoms with Crippen LogP contribution in [0.4, 0.5) is 15.2 Å². The molecule has 0 radical (unpaired) electrons. The summed E-state index contributed by atoms with van der Waals surface area (Å²) in [4.78, 5) is 27.6. The summed E-state index contributed by atoms with van der Waals surface area (Å²) < 4.78 is 15.1. The molecule has 0 saturated heterocycles. The van der Waals surface area contributed by atoms with Crippen molar-refractivity contribution in [2.45, 2.75) is 6.92 Å². The minimum Gasteiger partial charge on any atom is -0.326 e. The van der Waals surface area contributed by atoms with Gasteiger partial charge in [-0.3, -0.25) is 14.9 Å². The third-order valence-corrected chi connectivity index (χ3v) is 4.63. The van der Waals surface area contributed by atoms with Crippen LogP contribution < -0.4 is 10.6 Å². The number of anilines is 2. The van der Waals surface area contributed by atoms with E-state index in [0.717, 1.165) is 4.47 Å². The summed E-state index contributed by atoms with van der Waals surface area (Å²) >= 11 is 4.52. The van der Waals surface area contributed by atoms with E-state index in [0.29, 0.717) is 27.6 Å². The highest BCUT2D eigenvalue weighted by atomic mass is 79.9. The van der Waals surface area contributed by atoms with Crippen LogP contribution >= 0.6 is 27.3 Å². The van der Waals surface area contributed by atoms with Crippen LogP contribution in [0.5, 0.6) is 0 Å². The highest BCUT2D eigenvalue weighted by Gasteiger charge is 2.13. The molecular formula is C18H13BrFN3O2S. The molecule has 3 rings (SSSR count). The van der Waals surface area contributed by atoms with Crippen LogP contribution in [0.25, 0.3) is 11.3 Å². The second kappa shape index (κ2) is 7.76. The Labute approximate surface area is 161 Å². The van der Waals surface area contributed by atoms with E-state index >= 15 is 0 Å². The molecule has 0 fully saturated rings. The van der Waals surface area contributed by atoms with Crippen molar-refractivity contribution in [2.24, 2.45) is 0 Å². The Morgan fingerprint density at radius 3 is 2.65 bits per heavy atom. The van der Waals surface area contributed by atoms with E-state index in [1.54, 1.807) is 29.6 Å². The first kappa shape index (κ1) is 18.2. The Morgan fingerprint density at radius 2 is 1.96 bits per heavy atom. The third kappa shape index (κ3) is 4.33. The fraction of sp³-hybridized carbons (Fsp3) is 0.0556. The average Bonchev–Trinajstić information content (AvgIpc) is 3.02. The molecule has 0 aliphatic heterocycles. The van der Waals surface area contributed by atoms with E-state index in [4.69, 9.17) is 0 Å². The molecule has 0 saturated carbocycles. The van der Waals surface area contributed by atoms with Crippen LogP contribution in [0.15, 0.2) is 52.3 Å². The number of carbonyl (C=O) groups excluding carboxylic acids is 2. The smallest absolute Gasteiger partial charge is 0.257 e. The lowest BCUT2D eigenvalue weighted by Gasteiger charge is -2.05. The topological polar surface area (TPSA) is 71.1 Å². The number of carbonyl (C=O) groups is 2. The van der Waals surface area contributed by atoms with Gasteiger partial charge in [0.05, 0.1) is 5.69 Å². The number of hydrogen-bond acceptors (Lipinski definition) is 4. The third-order valence-electron chi connectivity index (χ3n) is 3.38. The van der Waals surface area contributed by atoms with E-state index in [2.05, 4.69) is 31.5 Å². The minimum absolute atomic E-state index is 0.275. The lowest BCUT2D eigenvalue weighted by molar-refractivity contribution is -0.114. The molecule has 26 heavy (non-hydrogen) atoms. The first-order valence-electron chi connectivity index (χ1n) is 7.52. The van der Waals surface area contributed by atoms with Crippen molar-refractivity contribution in [1.29, 1.82) is 0 Å². The summed E-state index contributed by atoms with van der Waals surface area (Å²) in [6.45, 7) is 1.35. The molecule has 0 bridgehead atoms. The van der Waals surface area contributed by atoms with Gasteiger partial charge in [0.2, 0.25) is 5.91 Å². The number of hydrogen-bond donors (Lipinski definition) is 2. The predicted molar refractivity (Wildman–Crippen MR) is 104 cm³/mol. The fourth-order valence-corrected chi connectivity index (χ4v) is 3.36. The predicted octanol–water partition coefficient (Wildman–Crippen LogP) is 4.92. The molecule has 2 amide bonds. The molecule has 1 heterocycles. The molecule has 0 unspecified atom stereocenters. The van der Waals surface area contributed by atoms with E-state index in [1.165, 1.54) is 30.4 Å². The van der Waals surface area contributed by atoms with Gasteiger partial charge in [-0.05, 0) is 36.4 Å². The van der Waals surface area contributed by atoms with E-state index in [9.17, 15) is 14.0 Å². The van der Waals surface area contributed by atoms with E-state index in [-0.39, 0.29) is 11.8 Å². The summed E-state index contributed by atoms with van der Waals surface area (Å²) in [6.07, 6.45) is 0. The Morgan fingerprint density at radius 1 is 1.15 bits per heavy atom. The zero-order valence-electron chi connectivity index (χ0n) is 13.5. The maximum Gasteiger partial charge on any atom is 0.257 e. The molecule has 8 heteroatoms. The quantitative estimate of drug-likeness (QED) is 0.612. The highest BCUT2D eigenvalue weighted by Crippen LogP contribution is 2.29. The summed E-state index contributed by atoms with van der Waals surface area (Å²) in [5.41, 5.74) is 1.56. The van der Waals surface area contributed by atoms with Gasteiger partial charge in [-0.25, -0.2) is 9.37 Å². The molecular weight excluding hydrogens is 421 g/mol. The van der Waals surface area contributed by atoms with Gasteiger partial charge in [0.1, 0.15) is 5.82 Å². The number of thiazole rings is 1. The minimum atomic E-state index is -0.508. The average molecular weight is 434 g/mol. The molecule has 3 aromatic rings. The lowest BCUT2D eigenvalue weighted by atomic mass is 10.1. The Hall–Kier alpha value is -2.58. The maximum atomic E-state index is 14.3. The zero-order valence-corrected chi connectivity index (χ0v) is 15.9. The summed E-state index contributed by atoms with van der Waals surface area (Å²) in [5, 5.41) is 7.25. The standard InChI is InChI=1S/C18H13BrFN3O2S/c1-10(24)21-13-5-6-14(15(20)8-13)16-9-26-18(22-16)23-17(25)11-3-2-4-12(19)7-11/h2-9H,1H3,(H,21,24)(H,22,23,25). The van der Waals surface area contributed by atoms with Crippen molar-refractivity contribution in [3.63, 3.8) is 0 Å². The molecule has 0 aliphatic carbocycles. The molecule has 0 spiro atoms. The van der Waals surface area contributed by atoms with Gasteiger partial charge in [0.25, 0.3) is 5.91 Å². The van der Waals surface area contributed by atoms with Crippen molar-refractivity contribution < 1.29 is 14.0 Å². The molecule has 132 valence electrons. The van der Waals surface area contributed by atoms with Crippen molar-refractivity contribution in [3.05, 3.63) is 63.7 Å². The second-order valence-corrected chi connectivity index (χ2v) is 7.15. The Kier molecular flexibility index (Phi) is 5.43. The van der Waals surface area contributed by atoms with Gasteiger partial charge in [-0.15, -0.1) is 11.3 Å². The van der Waals surface area contributed by atoms with Gasteiger partial charge in [-0.1, -0.05) is 22.0 Å². The van der Waals surface area contributed by atoms with Crippen molar-refractivity contribution >= 4 is 49.9 Å². The van der Waals surface area contributed by atoms with Gasteiger partial charge in [0, 0.05) is 33.6 Å². The Bertz CT molecular complexity index is 990. The van der Waals surface area contributed by atoms with Crippen molar-refractivity contribution in [1.82, 2.24) is 4.98 Å². The molecule has 0 aliphatic rings. The molecule has 2 aromatic carbocycles. The fourth-order valence-electron chi connectivity index (χ4n) is 2.26. The van der Waals surface area contributed by atoms with Crippen LogP contribution in [-0.2, 0) is 4.79 Å². The van der Waals surface area contributed by atoms with Crippen molar-refractivity contribution in [3.8, 4) is 11.3 Å². The van der Waals surface area contributed by atoms with Crippen LogP contribution in [0.2, 0.25) is 0 Å². The summed E-state index contributed by atoms with van der Waals surface area (Å²) in [6, 6.07) is 11.3. The number of amides is 2. The van der Waals surface area contributed by atoms with Crippen LogP contribution in [0.1, 0.15) is 17.3 Å². The molecule has 2 N–H and O–H groups in total. The van der Waals surface area contributed by atoms with E-state index in [1.807, 2.05) is 6.07 Å². The largest absolute Gasteiger partial charge is 0.326 e. The first-order valence-corrected chi connectivity index (χ1v) is 9.19. The highest BCUT2D eigenvalue weighted by molar-refractivity contribution is 9.10. The normalized spacial score (nSPS) is 10.4. The second-order valence-electron chi connectivity index (χ2n) is 5.38. The van der Waals surface area contributed by atoms with Crippen LogP contribution in [0.3, 0.4) is 0 Å². The van der Waals surface area contributed by atoms with Gasteiger partial charge in [-0.2, -0.15) is 0 Å². The SMILES string of the molecule is CC(=O)Nc1ccc(-c2csc(NC(=O)c3cccc(Br)c3)n2)c(F)c1. The lowest BCUT2D eigenvalue weighted by Crippen LogP contribution is -2.11. The van der Waals surface area contributed by atoms with E-state index < -0.39 is 5.82 Å². The number of benzene rings is 2. The maximum absolute atomic E-state index is 14.3.